The molecule has 1 aliphatic rings. The topological polar surface area (TPSA) is 59.1 Å². The number of methoxy groups -OCH3 is 2. The van der Waals surface area contributed by atoms with Crippen molar-refractivity contribution in [3.63, 3.8) is 0 Å². The molecule has 2 aromatic carbocycles. The zero-order valence-electron chi connectivity index (χ0n) is 15.0. The second-order valence-corrected chi connectivity index (χ2v) is 6.01. The number of hydrogen-bond acceptors (Lipinski definition) is 4. The van der Waals surface area contributed by atoms with E-state index in [0.29, 0.717) is 30.0 Å². The van der Waals surface area contributed by atoms with Crippen LogP contribution in [0.25, 0.3) is 0 Å². The van der Waals surface area contributed by atoms with Crippen molar-refractivity contribution in [1.82, 2.24) is 4.90 Å². The summed E-state index contributed by atoms with van der Waals surface area (Å²) in [4.78, 5) is 28.7. The van der Waals surface area contributed by atoms with E-state index in [1.165, 1.54) is 14.2 Å². The van der Waals surface area contributed by atoms with Crippen molar-refractivity contribution in [1.29, 1.82) is 0 Å². The summed E-state index contributed by atoms with van der Waals surface area (Å²) in [6.45, 7) is 0.868. The zero-order valence-corrected chi connectivity index (χ0v) is 15.0. The molecule has 0 N–H and O–H groups in total. The maximum absolute atomic E-state index is 13.3. The van der Waals surface area contributed by atoms with Crippen LogP contribution in [0.1, 0.15) is 23.2 Å². The molecule has 1 saturated heterocycles. The van der Waals surface area contributed by atoms with E-state index in [1.54, 1.807) is 28.0 Å². The minimum atomic E-state index is -0.244. The molecule has 2 aromatic rings. The predicted octanol–water partition coefficient (Wildman–Crippen LogP) is 2.93. The molecule has 1 fully saturated rings. The molecule has 3 rings (SSSR count). The molecular formula is C20H22N2O4. The predicted molar refractivity (Wildman–Crippen MR) is 98.6 cm³/mol. The third-order valence-corrected chi connectivity index (χ3v) is 4.43. The molecular weight excluding hydrogens is 332 g/mol. The van der Waals surface area contributed by atoms with E-state index in [-0.39, 0.29) is 18.5 Å². The number of amides is 2. The normalized spacial score (nSPS) is 13.6. The van der Waals surface area contributed by atoms with Crippen LogP contribution in [0, 0.1) is 0 Å². The van der Waals surface area contributed by atoms with Gasteiger partial charge < -0.3 is 14.4 Å². The molecule has 0 unspecified atom stereocenters. The Balaban J connectivity index is 1.99. The molecule has 6 nitrogen and oxygen atoms in total. The summed E-state index contributed by atoms with van der Waals surface area (Å²) < 4.78 is 10.7. The SMILES string of the molecule is COc1cccc(C(=O)N(CN2CCCC2=O)c2ccccc2)c1OC. The summed E-state index contributed by atoms with van der Waals surface area (Å²) in [5.41, 5.74) is 1.12. The molecule has 0 aliphatic carbocycles. The van der Waals surface area contributed by atoms with Crippen molar-refractivity contribution in [2.45, 2.75) is 12.8 Å². The fraction of sp³-hybridized carbons (Fsp3) is 0.300. The van der Waals surface area contributed by atoms with Crippen molar-refractivity contribution >= 4 is 17.5 Å². The molecule has 0 atom stereocenters. The van der Waals surface area contributed by atoms with Crippen LogP contribution in [0.15, 0.2) is 48.5 Å². The first-order valence-electron chi connectivity index (χ1n) is 8.51. The average Bonchev–Trinajstić information content (AvgIpc) is 3.10. The van der Waals surface area contributed by atoms with Crippen LogP contribution >= 0.6 is 0 Å². The number of carbonyl (C=O) groups excluding carboxylic acids is 2. The lowest BCUT2D eigenvalue weighted by Crippen LogP contribution is -2.42. The highest BCUT2D eigenvalue weighted by Gasteiger charge is 2.28. The van der Waals surface area contributed by atoms with Gasteiger partial charge in [0.25, 0.3) is 5.91 Å². The highest BCUT2D eigenvalue weighted by Crippen LogP contribution is 2.32. The first-order chi connectivity index (χ1) is 12.7. The summed E-state index contributed by atoms with van der Waals surface area (Å²) in [7, 11) is 3.04. The number of hydrogen-bond donors (Lipinski definition) is 0. The number of ether oxygens (including phenoxy) is 2. The molecule has 0 bridgehead atoms. The maximum Gasteiger partial charge on any atom is 0.263 e. The average molecular weight is 354 g/mol. The van der Waals surface area contributed by atoms with Crippen LogP contribution in [0.4, 0.5) is 5.69 Å². The molecule has 0 saturated carbocycles. The van der Waals surface area contributed by atoms with Crippen LogP contribution < -0.4 is 14.4 Å². The lowest BCUT2D eigenvalue weighted by molar-refractivity contribution is -0.127. The van der Waals surface area contributed by atoms with Gasteiger partial charge in [-0.15, -0.1) is 0 Å². The number of para-hydroxylation sites is 2. The monoisotopic (exact) mass is 354 g/mol. The van der Waals surface area contributed by atoms with Crippen LogP contribution in [-0.2, 0) is 4.79 Å². The Morgan fingerprint density at radius 1 is 1.08 bits per heavy atom. The van der Waals surface area contributed by atoms with Gasteiger partial charge in [-0.25, -0.2) is 0 Å². The minimum Gasteiger partial charge on any atom is -0.493 e. The van der Waals surface area contributed by atoms with E-state index in [1.807, 2.05) is 30.3 Å². The van der Waals surface area contributed by atoms with E-state index in [0.717, 1.165) is 12.1 Å². The first kappa shape index (κ1) is 17.8. The van der Waals surface area contributed by atoms with Gasteiger partial charge in [0.1, 0.15) is 6.67 Å². The van der Waals surface area contributed by atoms with Gasteiger partial charge in [0.15, 0.2) is 11.5 Å². The largest absolute Gasteiger partial charge is 0.493 e. The third-order valence-electron chi connectivity index (χ3n) is 4.43. The van der Waals surface area contributed by atoms with Gasteiger partial charge in [-0.3, -0.25) is 14.5 Å². The van der Waals surface area contributed by atoms with Crippen LogP contribution in [0.3, 0.4) is 0 Å². The van der Waals surface area contributed by atoms with Gasteiger partial charge in [-0.05, 0) is 30.7 Å². The summed E-state index contributed by atoms with van der Waals surface area (Å²) in [6, 6.07) is 14.5. The molecule has 1 heterocycles. The summed E-state index contributed by atoms with van der Waals surface area (Å²) >= 11 is 0. The van der Waals surface area contributed by atoms with E-state index in [9.17, 15) is 9.59 Å². The molecule has 0 aromatic heterocycles. The molecule has 2 amide bonds. The highest BCUT2D eigenvalue weighted by atomic mass is 16.5. The number of rotatable bonds is 6. The molecule has 0 spiro atoms. The van der Waals surface area contributed by atoms with E-state index in [2.05, 4.69) is 0 Å². The second-order valence-electron chi connectivity index (χ2n) is 6.01. The van der Waals surface area contributed by atoms with Gasteiger partial charge in [-0.2, -0.15) is 0 Å². The van der Waals surface area contributed by atoms with Crippen LogP contribution in [-0.4, -0.2) is 44.1 Å². The Morgan fingerprint density at radius 2 is 1.85 bits per heavy atom. The number of carbonyl (C=O) groups is 2. The lowest BCUT2D eigenvalue weighted by atomic mass is 10.1. The zero-order chi connectivity index (χ0) is 18.5. The first-order valence-corrected chi connectivity index (χ1v) is 8.51. The van der Waals surface area contributed by atoms with Crippen LogP contribution in [0.2, 0.25) is 0 Å². The Hall–Kier alpha value is -3.02. The summed E-state index contributed by atoms with van der Waals surface area (Å²) in [6.07, 6.45) is 1.34. The Bertz CT molecular complexity index is 792. The quantitative estimate of drug-likeness (QED) is 0.800. The number of nitrogens with zero attached hydrogens (tertiary/aromatic N) is 2. The molecule has 0 radical (unpaired) electrons. The maximum atomic E-state index is 13.3. The van der Waals surface area contributed by atoms with Gasteiger partial charge in [0.2, 0.25) is 5.91 Å². The Morgan fingerprint density at radius 3 is 2.46 bits per heavy atom. The molecule has 6 heteroatoms. The standard InChI is InChI=1S/C20H22N2O4/c1-25-17-11-6-10-16(19(17)26-2)20(24)22(15-8-4-3-5-9-15)14-21-13-7-12-18(21)23/h3-6,8-11H,7,12-14H2,1-2H3. The van der Waals surface area contributed by atoms with Gasteiger partial charge >= 0.3 is 0 Å². The second kappa shape index (κ2) is 7.91. The van der Waals surface area contributed by atoms with E-state index in [4.69, 9.17) is 9.47 Å². The van der Waals surface area contributed by atoms with Crippen molar-refractivity contribution in [2.75, 3.05) is 32.3 Å². The summed E-state index contributed by atoms with van der Waals surface area (Å²) in [5.74, 6) is 0.695. The number of benzene rings is 2. The Labute approximate surface area is 152 Å². The van der Waals surface area contributed by atoms with Crippen molar-refractivity contribution < 1.29 is 19.1 Å². The van der Waals surface area contributed by atoms with Crippen LogP contribution in [0.5, 0.6) is 11.5 Å². The van der Waals surface area contributed by atoms with E-state index < -0.39 is 0 Å². The number of likely N-dealkylation sites (tertiary alicyclic amines) is 1. The van der Waals surface area contributed by atoms with Crippen molar-refractivity contribution in [3.8, 4) is 11.5 Å². The molecule has 1 aliphatic heterocycles. The van der Waals surface area contributed by atoms with Crippen molar-refractivity contribution in [2.24, 2.45) is 0 Å². The smallest absolute Gasteiger partial charge is 0.263 e. The molecule has 26 heavy (non-hydrogen) atoms. The van der Waals surface area contributed by atoms with E-state index >= 15 is 0 Å². The van der Waals surface area contributed by atoms with Crippen molar-refractivity contribution in [3.05, 3.63) is 54.1 Å². The fourth-order valence-electron chi connectivity index (χ4n) is 3.10. The van der Waals surface area contributed by atoms with Gasteiger partial charge in [0.05, 0.1) is 19.8 Å². The summed E-state index contributed by atoms with van der Waals surface area (Å²) in [5, 5.41) is 0. The van der Waals surface area contributed by atoms with Gasteiger partial charge in [-0.1, -0.05) is 24.3 Å². The number of anilines is 1. The highest BCUT2D eigenvalue weighted by molar-refractivity contribution is 6.08. The molecule has 136 valence electrons. The minimum absolute atomic E-state index is 0.0661. The fourth-order valence-corrected chi connectivity index (χ4v) is 3.10. The Kier molecular flexibility index (Phi) is 5.41. The van der Waals surface area contributed by atoms with Gasteiger partial charge in [0, 0.05) is 18.7 Å². The lowest BCUT2D eigenvalue weighted by Gasteiger charge is -2.28. The third kappa shape index (κ3) is 3.49.